The Hall–Kier alpha value is -3.01. The predicted molar refractivity (Wildman–Crippen MR) is 113 cm³/mol. The van der Waals surface area contributed by atoms with Gasteiger partial charge in [-0.05, 0) is 48.5 Å². The van der Waals surface area contributed by atoms with Gasteiger partial charge in [-0.2, -0.15) is 0 Å². The van der Waals surface area contributed by atoms with E-state index in [-0.39, 0.29) is 0 Å². The molecule has 1 aliphatic heterocycles. The molecule has 0 saturated heterocycles. The van der Waals surface area contributed by atoms with Crippen LogP contribution in [0.3, 0.4) is 0 Å². The van der Waals surface area contributed by atoms with Crippen LogP contribution in [0.5, 0.6) is 0 Å². The van der Waals surface area contributed by atoms with E-state index in [1.54, 1.807) is 0 Å². The highest BCUT2D eigenvalue weighted by Crippen LogP contribution is 2.78. The molecule has 0 fully saturated rings. The first-order chi connectivity index (χ1) is 13.3. The maximum absolute atomic E-state index is 6.58. The monoisotopic (exact) mass is 368 g/mol. The van der Waals surface area contributed by atoms with Crippen LogP contribution in [0.15, 0.2) is 129 Å². The van der Waals surface area contributed by atoms with Crippen LogP contribution in [-0.4, -0.2) is 0 Å². The lowest BCUT2D eigenvalue weighted by Crippen LogP contribution is -2.31. The molecule has 0 aliphatic carbocycles. The van der Waals surface area contributed by atoms with E-state index < -0.39 is 10.0 Å². The van der Waals surface area contributed by atoms with Crippen LogP contribution in [-0.2, 0) is 0 Å². The Bertz CT molecular complexity index is 1000. The lowest BCUT2D eigenvalue weighted by Gasteiger charge is -2.48. The summed E-state index contributed by atoms with van der Waals surface area (Å²) >= 11 is 0. The van der Waals surface area contributed by atoms with E-state index >= 15 is 0 Å². The summed E-state index contributed by atoms with van der Waals surface area (Å²) < 4.78 is 0. The number of anilines is 2. The van der Waals surface area contributed by atoms with Gasteiger partial charge in [0, 0.05) is 19.6 Å². The van der Waals surface area contributed by atoms with E-state index in [0.29, 0.717) is 0 Å². The van der Waals surface area contributed by atoms with Crippen LogP contribution in [0.25, 0.3) is 0 Å². The highest BCUT2D eigenvalue weighted by Gasteiger charge is 2.41. The van der Waals surface area contributed by atoms with E-state index in [4.69, 9.17) is 5.84 Å². The van der Waals surface area contributed by atoms with Crippen molar-refractivity contribution in [3.05, 3.63) is 109 Å². The summed E-state index contributed by atoms with van der Waals surface area (Å²) in [5.74, 6) is 6.58. The number of para-hydroxylation sites is 2. The summed E-state index contributed by atoms with van der Waals surface area (Å²) in [6.07, 6.45) is 0. The Morgan fingerprint density at radius 3 is 1.30 bits per heavy atom. The molecule has 2 nitrogen and oxygen atoms in total. The summed E-state index contributed by atoms with van der Waals surface area (Å²) in [6, 6.07) is 38.8. The van der Waals surface area contributed by atoms with Crippen molar-refractivity contribution in [2.75, 3.05) is 5.01 Å². The maximum Gasteiger partial charge on any atom is 0.0706 e. The first-order valence-electron chi connectivity index (χ1n) is 9.00. The van der Waals surface area contributed by atoms with Crippen molar-refractivity contribution in [2.45, 2.75) is 19.6 Å². The highest BCUT2D eigenvalue weighted by atomic mass is 32.3. The molecule has 0 radical (unpaired) electrons. The Labute approximate surface area is 161 Å². The number of nitrogens with two attached hydrogens (primary N) is 1. The van der Waals surface area contributed by atoms with Gasteiger partial charge < -0.3 is 0 Å². The molecule has 0 saturated carbocycles. The number of hydrogen-bond donors (Lipinski definition) is 1. The molecule has 0 aromatic heterocycles. The van der Waals surface area contributed by atoms with Gasteiger partial charge in [0.15, 0.2) is 0 Å². The van der Waals surface area contributed by atoms with Crippen molar-refractivity contribution in [2.24, 2.45) is 5.84 Å². The molecule has 132 valence electrons. The second-order valence-corrected chi connectivity index (χ2v) is 9.59. The van der Waals surface area contributed by atoms with Crippen molar-refractivity contribution in [3.63, 3.8) is 0 Å². The van der Waals surface area contributed by atoms with Gasteiger partial charge in [-0.3, -0.25) is 5.01 Å². The summed E-state index contributed by atoms with van der Waals surface area (Å²) in [6.45, 7) is 0. The molecule has 1 heterocycles. The maximum atomic E-state index is 6.58. The number of nitrogens with zero attached hydrogens (tertiary/aromatic N) is 1. The van der Waals surface area contributed by atoms with E-state index in [9.17, 15) is 0 Å². The smallest absolute Gasteiger partial charge is 0.0706 e. The second-order valence-electron chi connectivity index (χ2n) is 6.54. The molecule has 5 rings (SSSR count). The minimum absolute atomic E-state index is 1.07. The summed E-state index contributed by atoms with van der Waals surface area (Å²) in [4.78, 5) is 5.21. The average Bonchev–Trinajstić information content (AvgIpc) is 2.76. The molecule has 3 heteroatoms. The summed E-state index contributed by atoms with van der Waals surface area (Å²) in [5, 5.41) is 1.84. The molecule has 4 aromatic rings. The normalized spacial score (nSPS) is 15.5. The Morgan fingerprint density at radius 2 is 0.852 bits per heavy atom. The van der Waals surface area contributed by atoms with Gasteiger partial charge in [0.05, 0.1) is 11.4 Å². The van der Waals surface area contributed by atoms with E-state index in [0.717, 1.165) is 11.4 Å². The minimum atomic E-state index is -1.63. The molecule has 2 N–H and O–H groups in total. The van der Waals surface area contributed by atoms with Crippen LogP contribution < -0.4 is 10.9 Å². The zero-order valence-corrected chi connectivity index (χ0v) is 15.6. The first kappa shape index (κ1) is 16.2. The van der Waals surface area contributed by atoms with E-state index in [2.05, 4.69) is 109 Å². The Kier molecular flexibility index (Phi) is 3.78. The molecule has 4 aromatic carbocycles. The highest BCUT2D eigenvalue weighted by molar-refractivity contribution is 8.34. The zero-order valence-electron chi connectivity index (χ0n) is 14.8. The van der Waals surface area contributed by atoms with Crippen molar-refractivity contribution in [3.8, 4) is 0 Å². The number of hydrazine groups is 1. The summed E-state index contributed by atoms with van der Waals surface area (Å²) in [7, 11) is -1.63. The predicted octanol–water partition coefficient (Wildman–Crippen LogP) is 6.35. The summed E-state index contributed by atoms with van der Waals surface area (Å²) in [5.41, 5.74) is 2.14. The number of fused-ring (bicyclic) bond motifs is 2. The number of rotatable bonds is 2. The molecule has 0 spiro atoms. The quantitative estimate of drug-likeness (QED) is 0.418. The zero-order chi connectivity index (χ0) is 18.3. The molecular weight excluding hydrogens is 348 g/mol. The molecule has 1 aliphatic rings. The SMILES string of the molecule is NN1c2ccccc2S(c2ccccc2)(c2ccccc2)c2ccccc21. The van der Waals surface area contributed by atoms with Crippen molar-refractivity contribution in [1.29, 1.82) is 0 Å². The molecule has 0 unspecified atom stereocenters. The topological polar surface area (TPSA) is 29.3 Å². The third-order valence-corrected chi connectivity index (χ3v) is 9.07. The lowest BCUT2D eigenvalue weighted by atomic mass is 10.2. The number of hydrogen-bond acceptors (Lipinski definition) is 2. The second kappa shape index (κ2) is 6.31. The van der Waals surface area contributed by atoms with Crippen molar-refractivity contribution in [1.82, 2.24) is 0 Å². The third-order valence-electron chi connectivity index (χ3n) is 5.10. The van der Waals surface area contributed by atoms with Gasteiger partial charge in [0.2, 0.25) is 0 Å². The standard InChI is InChI=1S/C24H20N2S/c25-26-21-15-7-9-17-23(21)27(19-11-3-1-4-12-19,20-13-5-2-6-14-20)24-18-10-8-16-22(24)26/h1-18H,25H2. The lowest BCUT2D eigenvalue weighted by molar-refractivity contribution is 1.00. The first-order valence-corrected chi connectivity index (χ1v) is 10.6. The molecule has 0 amide bonds. The Morgan fingerprint density at radius 1 is 0.481 bits per heavy atom. The third kappa shape index (κ3) is 2.26. The Balaban J connectivity index is 1.99. The van der Waals surface area contributed by atoms with Crippen LogP contribution in [0.4, 0.5) is 11.4 Å². The van der Waals surface area contributed by atoms with Gasteiger partial charge in [0.1, 0.15) is 0 Å². The van der Waals surface area contributed by atoms with E-state index in [1.165, 1.54) is 19.6 Å². The van der Waals surface area contributed by atoms with Crippen LogP contribution in [0.2, 0.25) is 0 Å². The molecule has 0 atom stereocenters. The van der Waals surface area contributed by atoms with Crippen LogP contribution in [0.1, 0.15) is 0 Å². The van der Waals surface area contributed by atoms with Gasteiger partial charge >= 0.3 is 0 Å². The minimum Gasteiger partial charge on any atom is -0.277 e. The average molecular weight is 369 g/mol. The molecule has 0 bridgehead atoms. The fraction of sp³-hybridized carbons (Fsp3) is 0. The van der Waals surface area contributed by atoms with Crippen LogP contribution >= 0.6 is 10.0 Å². The molecule has 27 heavy (non-hydrogen) atoms. The van der Waals surface area contributed by atoms with Crippen molar-refractivity contribution < 1.29 is 0 Å². The van der Waals surface area contributed by atoms with Crippen LogP contribution in [0, 0.1) is 0 Å². The fourth-order valence-electron chi connectivity index (χ4n) is 3.97. The van der Waals surface area contributed by atoms with E-state index in [1.807, 2.05) is 5.01 Å². The van der Waals surface area contributed by atoms with Gasteiger partial charge in [0.25, 0.3) is 0 Å². The number of benzene rings is 4. The van der Waals surface area contributed by atoms with Crippen molar-refractivity contribution >= 4 is 21.4 Å². The fourth-order valence-corrected chi connectivity index (χ4v) is 8.15. The largest absolute Gasteiger partial charge is 0.277 e. The van der Waals surface area contributed by atoms with Gasteiger partial charge in [-0.1, -0.05) is 60.7 Å². The molecular formula is C24H20N2S. The van der Waals surface area contributed by atoms with Gasteiger partial charge in [-0.25, -0.2) is 5.84 Å². The van der Waals surface area contributed by atoms with Gasteiger partial charge in [-0.15, -0.1) is 10.0 Å².